The molecule has 0 spiro atoms. The van der Waals surface area contributed by atoms with Crippen molar-refractivity contribution in [3.63, 3.8) is 0 Å². The summed E-state index contributed by atoms with van der Waals surface area (Å²) in [6, 6.07) is 17.8. The summed E-state index contributed by atoms with van der Waals surface area (Å²) in [5.41, 5.74) is 3.35. The third kappa shape index (κ3) is 4.58. The van der Waals surface area contributed by atoms with Crippen LogP contribution in [0.2, 0.25) is 0 Å². The maximum atomic E-state index is 5.35. The van der Waals surface area contributed by atoms with E-state index in [4.69, 9.17) is 17.0 Å². The molecule has 128 valence electrons. The Labute approximate surface area is 152 Å². The van der Waals surface area contributed by atoms with Gasteiger partial charge >= 0.3 is 0 Å². The molecule has 0 radical (unpaired) electrons. The number of nitrogens with zero attached hydrogens (tertiary/aromatic N) is 2. The van der Waals surface area contributed by atoms with Gasteiger partial charge in [0.05, 0.1) is 13.7 Å². The first kappa shape index (κ1) is 17.0. The SMILES string of the molecule is COc1cccc(NC(=S)Nc2ccn(Cc3ccccc3C)n2)c1. The summed E-state index contributed by atoms with van der Waals surface area (Å²) in [7, 11) is 1.64. The maximum absolute atomic E-state index is 5.35. The summed E-state index contributed by atoms with van der Waals surface area (Å²) in [4.78, 5) is 0. The molecule has 0 unspecified atom stereocenters. The van der Waals surface area contributed by atoms with Gasteiger partial charge in [0.2, 0.25) is 0 Å². The standard InChI is InChI=1S/C19H20N4OS/c1-14-6-3-4-7-15(14)13-23-11-10-18(22-23)21-19(25)20-16-8-5-9-17(12-16)24-2/h3-12H,13H2,1-2H3,(H2,20,21,22,25). The largest absolute Gasteiger partial charge is 0.497 e. The lowest BCUT2D eigenvalue weighted by atomic mass is 10.1. The molecule has 3 rings (SSSR count). The highest BCUT2D eigenvalue weighted by Gasteiger charge is 2.05. The molecule has 1 aromatic heterocycles. The van der Waals surface area contributed by atoms with Gasteiger partial charge in [-0.1, -0.05) is 30.3 Å². The molecule has 0 fully saturated rings. The zero-order chi connectivity index (χ0) is 17.6. The third-order valence-corrected chi connectivity index (χ3v) is 4.01. The van der Waals surface area contributed by atoms with Crippen LogP contribution >= 0.6 is 12.2 Å². The molecular weight excluding hydrogens is 332 g/mol. The number of anilines is 2. The fourth-order valence-electron chi connectivity index (χ4n) is 2.46. The second kappa shape index (κ2) is 7.81. The van der Waals surface area contributed by atoms with Crippen LogP contribution in [0.1, 0.15) is 11.1 Å². The molecule has 5 nitrogen and oxygen atoms in total. The minimum Gasteiger partial charge on any atom is -0.497 e. The molecule has 3 aromatic rings. The summed E-state index contributed by atoms with van der Waals surface area (Å²) in [6.45, 7) is 2.83. The zero-order valence-electron chi connectivity index (χ0n) is 14.2. The van der Waals surface area contributed by atoms with Crippen LogP contribution < -0.4 is 15.4 Å². The Kier molecular flexibility index (Phi) is 5.30. The molecule has 1 heterocycles. The summed E-state index contributed by atoms with van der Waals surface area (Å²) in [5, 5.41) is 11.2. The monoisotopic (exact) mass is 352 g/mol. The number of benzene rings is 2. The fraction of sp³-hybridized carbons (Fsp3) is 0.158. The van der Waals surface area contributed by atoms with Crippen molar-refractivity contribution in [1.82, 2.24) is 9.78 Å². The van der Waals surface area contributed by atoms with Crippen LogP contribution in [-0.4, -0.2) is 22.0 Å². The highest BCUT2D eigenvalue weighted by molar-refractivity contribution is 7.80. The van der Waals surface area contributed by atoms with Crippen LogP contribution in [0.25, 0.3) is 0 Å². The predicted molar refractivity (Wildman–Crippen MR) is 105 cm³/mol. The quantitative estimate of drug-likeness (QED) is 0.678. The number of thiocarbonyl (C=S) groups is 1. The number of methoxy groups -OCH3 is 1. The predicted octanol–water partition coefficient (Wildman–Crippen LogP) is 4.06. The van der Waals surface area contributed by atoms with Gasteiger partial charge in [-0.05, 0) is 42.4 Å². The Morgan fingerprint density at radius 2 is 1.96 bits per heavy atom. The van der Waals surface area contributed by atoms with Gasteiger partial charge in [0.15, 0.2) is 10.9 Å². The number of nitrogens with one attached hydrogen (secondary N) is 2. The van der Waals surface area contributed by atoms with Crippen LogP contribution in [0.3, 0.4) is 0 Å². The van der Waals surface area contributed by atoms with E-state index in [2.05, 4.69) is 34.8 Å². The van der Waals surface area contributed by atoms with Gasteiger partial charge in [-0.25, -0.2) is 0 Å². The normalized spacial score (nSPS) is 10.3. The van der Waals surface area contributed by atoms with E-state index in [9.17, 15) is 0 Å². The van der Waals surface area contributed by atoms with Crippen molar-refractivity contribution >= 4 is 28.8 Å². The van der Waals surface area contributed by atoms with E-state index in [0.717, 1.165) is 18.0 Å². The molecule has 6 heteroatoms. The Morgan fingerprint density at radius 1 is 1.12 bits per heavy atom. The average Bonchev–Trinajstić information content (AvgIpc) is 3.04. The molecule has 0 saturated carbocycles. The molecule has 0 amide bonds. The molecule has 0 saturated heterocycles. The van der Waals surface area contributed by atoms with E-state index >= 15 is 0 Å². The number of hydrogen-bond acceptors (Lipinski definition) is 3. The Balaban J connectivity index is 1.61. The van der Waals surface area contributed by atoms with Crippen LogP contribution in [0.15, 0.2) is 60.8 Å². The van der Waals surface area contributed by atoms with Crippen molar-refractivity contribution in [2.75, 3.05) is 17.7 Å². The van der Waals surface area contributed by atoms with Crippen molar-refractivity contribution in [2.24, 2.45) is 0 Å². The Hall–Kier alpha value is -2.86. The zero-order valence-corrected chi connectivity index (χ0v) is 15.0. The molecule has 0 aliphatic heterocycles. The van der Waals surface area contributed by atoms with Crippen molar-refractivity contribution in [1.29, 1.82) is 0 Å². The van der Waals surface area contributed by atoms with Gasteiger partial charge in [0.25, 0.3) is 0 Å². The smallest absolute Gasteiger partial charge is 0.176 e. The Bertz CT molecular complexity index is 875. The first-order valence-electron chi connectivity index (χ1n) is 7.94. The van der Waals surface area contributed by atoms with Gasteiger partial charge in [0.1, 0.15) is 5.75 Å². The number of ether oxygens (including phenoxy) is 1. The van der Waals surface area contributed by atoms with Gasteiger partial charge in [0, 0.05) is 24.0 Å². The highest BCUT2D eigenvalue weighted by atomic mass is 32.1. The van der Waals surface area contributed by atoms with Crippen molar-refractivity contribution in [3.05, 3.63) is 71.9 Å². The second-order valence-electron chi connectivity index (χ2n) is 5.64. The summed E-state index contributed by atoms with van der Waals surface area (Å²) < 4.78 is 7.09. The minimum absolute atomic E-state index is 0.481. The fourth-order valence-corrected chi connectivity index (χ4v) is 2.68. The van der Waals surface area contributed by atoms with Crippen LogP contribution in [0, 0.1) is 6.92 Å². The van der Waals surface area contributed by atoms with Gasteiger partial charge in [-0.2, -0.15) is 5.10 Å². The van der Waals surface area contributed by atoms with Gasteiger partial charge in [-0.3, -0.25) is 4.68 Å². The Morgan fingerprint density at radius 3 is 2.76 bits per heavy atom. The topological polar surface area (TPSA) is 51.1 Å². The summed E-state index contributed by atoms with van der Waals surface area (Å²) in [5.74, 6) is 1.48. The minimum atomic E-state index is 0.481. The first-order chi connectivity index (χ1) is 12.1. The average molecular weight is 352 g/mol. The van der Waals surface area contributed by atoms with E-state index in [1.807, 2.05) is 53.3 Å². The molecule has 0 bridgehead atoms. The second-order valence-corrected chi connectivity index (χ2v) is 6.04. The number of hydrogen-bond donors (Lipinski definition) is 2. The molecule has 2 aromatic carbocycles. The number of aromatic nitrogens is 2. The van der Waals surface area contributed by atoms with E-state index in [-0.39, 0.29) is 0 Å². The molecular formula is C19H20N4OS. The van der Waals surface area contributed by atoms with E-state index in [1.54, 1.807) is 7.11 Å². The van der Waals surface area contributed by atoms with E-state index in [1.165, 1.54) is 11.1 Å². The van der Waals surface area contributed by atoms with E-state index in [0.29, 0.717) is 10.9 Å². The summed E-state index contributed by atoms with van der Waals surface area (Å²) in [6.07, 6.45) is 1.93. The van der Waals surface area contributed by atoms with Crippen molar-refractivity contribution < 1.29 is 4.74 Å². The van der Waals surface area contributed by atoms with Crippen molar-refractivity contribution in [2.45, 2.75) is 13.5 Å². The van der Waals surface area contributed by atoms with Crippen LogP contribution in [0.5, 0.6) is 5.75 Å². The first-order valence-corrected chi connectivity index (χ1v) is 8.35. The lowest BCUT2D eigenvalue weighted by Gasteiger charge is -2.10. The van der Waals surface area contributed by atoms with Crippen LogP contribution in [-0.2, 0) is 6.54 Å². The highest BCUT2D eigenvalue weighted by Crippen LogP contribution is 2.17. The molecule has 0 atom stereocenters. The third-order valence-electron chi connectivity index (χ3n) is 3.80. The summed E-state index contributed by atoms with van der Waals surface area (Å²) >= 11 is 5.35. The maximum Gasteiger partial charge on any atom is 0.176 e. The lowest BCUT2D eigenvalue weighted by Crippen LogP contribution is -2.19. The number of aryl methyl sites for hydroxylation is 1. The van der Waals surface area contributed by atoms with E-state index < -0.39 is 0 Å². The van der Waals surface area contributed by atoms with Gasteiger partial charge < -0.3 is 15.4 Å². The lowest BCUT2D eigenvalue weighted by molar-refractivity contribution is 0.415. The molecule has 0 aliphatic carbocycles. The molecule has 0 aliphatic rings. The van der Waals surface area contributed by atoms with Gasteiger partial charge in [-0.15, -0.1) is 0 Å². The number of rotatable bonds is 5. The van der Waals surface area contributed by atoms with Crippen LogP contribution in [0.4, 0.5) is 11.5 Å². The van der Waals surface area contributed by atoms with Crippen molar-refractivity contribution in [3.8, 4) is 5.75 Å². The molecule has 25 heavy (non-hydrogen) atoms. The molecule has 2 N–H and O–H groups in total.